The Balaban J connectivity index is 1.95. The van der Waals surface area contributed by atoms with E-state index in [0.29, 0.717) is 6.42 Å². The molecule has 0 aromatic heterocycles. The standard InChI is InChI=1S/C15H9BrF2OS/c16-9-5-6-10(17)13(14(9)18)15(19)12-7-8-3-1-2-4-11(8)20-12/h1-6,12H,7H2. The van der Waals surface area contributed by atoms with E-state index in [-0.39, 0.29) is 4.47 Å². The number of fused-ring (bicyclic) bond motifs is 1. The average Bonchev–Trinajstić information content (AvgIpc) is 2.87. The summed E-state index contributed by atoms with van der Waals surface area (Å²) in [5.74, 6) is -2.14. The first-order valence-electron chi connectivity index (χ1n) is 6.00. The molecule has 0 fully saturated rings. The van der Waals surface area contributed by atoms with Crippen LogP contribution in [0.5, 0.6) is 0 Å². The number of ketones is 1. The average molecular weight is 355 g/mol. The van der Waals surface area contributed by atoms with Gasteiger partial charge in [0.25, 0.3) is 0 Å². The third-order valence-electron chi connectivity index (χ3n) is 3.23. The third-order valence-corrected chi connectivity index (χ3v) is 5.16. The molecule has 0 saturated heterocycles. The van der Waals surface area contributed by atoms with Gasteiger partial charge in [0, 0.05) is 4.90 Å². The van der Waals surface area contributed by atoms with Gasteiger partial charge in [-0.15, -0.1) is 11.8 Å². The van der Waals surface area contributed by atoms with E-state index in [1.165, 1.54) is 17.8 Å². The molecule has 1 aliphatic heterocycles. The number of hydrogen-bond acceptors (Lipinski definition) is 2. The molecular weight excluding hydrogens is 346 g/mol. The summed E-state index contributed by atoms with van der Waals surface area (Å²) >= 11 is 4.35. The van der Waals surface area contributed by atoms with E-state index in [1.54, 1.807) is 0 Å². The Hall–Kier alpha value is -1.20. The van der Waals surface area contributed by atoms with Crippen molar-refractivity contribution < 1.29 is 13.6 Å². The first kappa shape index (κ1) is 13.8. The summed E-state index contributed by atoms with van der Waals surface area (Å²) in [4.78, 5) is 13.4. The van der Waals surface area contributed by atoms with Crippen molar-refractivity contribution >= 4 is 33.5 Å². The number of benzene rings is 2. The van der Waals surface area contributed by atoms with Crippen molar-refractivity contribution in [3.8, 4) is 0 Å². The van der Waals surface area contributed by atoms with E-state index in [0.717, 1.165) is 16.5 Å². The number of carbonyl (C=O) groups is 1. The third kappa shape index (κ3) is 2.29. The molecule has 5 heteroatoms. The van der Waals surface area contributed by atoms with E-state index in [4.69, 9.17) is 0 Å². The Morgan fingerprint density at radius 3 is 2.70 bits per heavy atom. The first-order valence-corrected chi connectivity index (χ1v) is 7.67. The lowest BCUT2D eigenvalue weighted by Gasteiger charge is -2.10. The van der Waals surface area contributed by atoms with Crippen molar-refractivity contribution in [3.63, 3.8) is 0 Å². The zero-order chi connectivity index (χ0) is 14.3. The summed E-state index contributed by atoms with van der Waals surface area (Å²) in [6, 6.07) is 10.0. The predicted molar refractivity (Wildman–Crippen MR) is 78.2 cm³/mol. The maximum absolute atomic E-state index is 14.0. The molecule has 1 atom stereocenters. The Bertz CT molecular complexity index is 677. The quantitative estimate of drug-likeness (QED) is 0.577. The lowest BCUT2D eigenvalue weighted by Crippen LogP contribution is -2.19. The highest BCUT2D eigenvalue weighted by Crippen LogP contribution is 2.39. The lowest BCUT2D eigenvalue weighted by molar-refractivity contribution is 0.0982. The predicted octanol–water partition coefficient (Wildman–Crippen LogP) is 4.63. The molecule has 0 spiro atoms. The summed E-state index contributed by atoms with van der Waals surface area (Å²) in [7, 11) is 0. The van der Waals surface area contributed by atoms with Crippen LogP contribution < -0.4 is 0 Å². The highest BCUT2D eigenvalue weighted by molar-refractivity contribution is 9.10. The molecule has 0 radical (unpaired) electrons. The summed E-state index contributed by atoms with van der Waals surface area (Å²) in [6.07, 6.45) is 0.505. The number of thioether (sulfide) groups is 1. The SMILES string of the molecule is O=C(c1c(F)ccc(Br)c1F)C1Cc2ccccc2S1. The zero-order valence-electron chi connectivity index (χ0n) is 10.2. The second-order valence-corrected chi connectivity index (χ2v) is 6.60. The molecule has 3 rings (SSSR count). The Kier molecular flexibility index (Phi) is 3.65. The molecule has 0 saturated carbocycles. The van der Waals surface area contributed by atoms with Crippen molar-refractivity contribution in [2.45, 2.75) is 16.6 Å². The highest BCUT2D eigenvalue weighted by atomic mass is 79.9. The fraction of sp³-hybridized carbons (Fsp3) is 0.133. The highest BCUT2D eigenvalue weighted by Gasteiger charge is 2.32. The summed E-state index contributed by atoms with van der Waals surface area (Å²) in [6.45, 7) is 0. The smallest absolute Gasteiger partial charge is 0.182 e. The molecule has 0 aliphatic carbocycles. The molecule has 2 aromatic carbocycles. The largest absolute Gasteiger partial charge is 0.293 e. The van der Waals surface area contributed by atoms with Crippen LogP contribution in [0.1, 0.15) is 15.9 Å². The van der Waals surface area contributed by atoms with Crippen LogP contribution in [0.15, 0.2) is 45.8 Å². The fourth-order valence-electron chi connectivity index (χ4n) is 2.24. The molecule has 102 valence electrons. The molecular formula is C15H9BrF2OS. The second kappa shape index (κ2) is 5.30. The number of Topliss-reactive ketones (excluding diaryl/α,β-unsaturated/α-hetero) is 1. The Morgan fingerprint density at radius 2 is 1.95 bits per heavy atom. The maximum Gasteiger partial charge on any atom is 0.182 e. The number of rotatable bonds is 2. The van der Waals surface area contributed by atoms with Gasteiger partial charge in [0.15, 0.2) is 11.6 Å². The van der Waals surface area contributed by atoms with Crippen LogP contribution in [-0.4, -0.2) is 11.0 Å². The minimum atomic E-state index is -0.827. The van der Waals surface area contributed by atoms with E-state index in [2.05, 4.69) is 15.9 Å². The normalized spacial score (nSPS) is 17.1. The van der Waals surface area contributed by atoms with Crippen molar-refractivity contribution in [1.29, 1.82) is 0 Å². The summed E-state index contributed by atoms with van der Waals surface area (Å²) < 4.78 is 27.9. The Labute approximate surface area is 127 Å². The molecule has 20 heavy (non-hydrogen) atoms. The van der Waals surface area contributed by atoms with Crippen LogP contribution in [0.4, 0.5) is 8.78 Å². The van der Waals surface area contributed by atoms with Crippen LogP contribution in [0.3, 0.4) is 0 Å². The summed E-state index contributed by atoms with van der Waals surface area (Å²) in [5, 5.41) is -0.467. The zero-order valence-corrected chi connectivity index (χ0v) is 12.6. The van der Waals surface area contributed by atoms with E-state index < -0.39 is 28.2 Å². The first-order chi connectivity index (χ1) is 9.58. The van der Waals surface area contributed by atoms with Gasteiger partial charge in [0.1, 0.15) is 5.82 Å². The van der Waals surface area contributed by atoms with Crippen LogP contribution >= 0.6 is 27.7 Å². The number of carbonyl (C=O) groups excluding carboxylic acids is 1. The fourth-order valence-corrected chi connectivity index (χ4v) is 3.83. The van der Waals surface area contributed by atoms with Crippen LogP contribution in [0.2, 0.25) is 0 Å². The van der Waals surface area contributed by atoms with Gasteiger partial charge in [-0.2, -0.15) is 0 Å². The monoisotopic (exact) mass is 354 g/mol. The topological polar surface area (TPSA) is 17.1 Å². The van der Waals surface area contributed by atoms with Gasteiger partial charge in [-0.25, -0.2) is 8.78 Å². The van der Waals surface area contributed by atoms with Crippen LogP contribution in [-0.2, 0) is 6.42 Å². The van der Waals surface area contributed by atoms with Crippen molar-refractivity contribution in [1.82, 2.24) is 0 Å². The van der Waals surface area contributed by atoms with Crippen LogP contribution in [0, 0.1) is 11.6 Å². The van der Waals surface area contributed by atoms with Gasteiger partial charge in [-0.05, 0) is 46.1 Å². The van der Waals surface area contributed by atoms with E-state index in [9.17, 15) is 13.6 Å². The Morgan fingerprint density at radius 1 is 1.20 bits per heavy atom. The van der Waals surface area contributed by atoms with Crippen molar-refractivity contribution in [2.24, 2.45) is 0 Å². The van der Waals surface area contributed by atoms with Gasteiger partial charge in [-0.1, -0.05) is 18.2 Å². The molecule has 2 aromatic rings. The minimum absolute atomic E-state index is 0.0998. The molecule has 1 unspecified atom stereocenters. The van der Waals surface area contributed by atoms with E-state index >= 15 is 0 Å². The molecule has 0 bridgehead atoms. The number of halogens is 3. The second-order valence-electron chi connectivity index (χ2n) is 4.50. The van der Waals surface area contributed by atoms with Gasteiger partial charge < -0.3 is 0 Å². The van der Waals surface area contributed by atoms with Crippen molar-refractivity contribution in [2.75, 3.05) is 0 Å². The molecule has 0 N–H and O–H groups in total. The van der Waals surface area contributed by atoms with Gasteiger partial charge in [0.2, 0.25) is 0 Å². The number of hydrogen-bond donors (Lipinski definition) is 0. The molecule has 1 heterocycles. The van der Waals surface area contributed by atoms with Gasteiger partial charge >= 0.3 is 0 Å². The summed E-state index contributed by atoms with van der Waals surface area (Å²) in [5.41, 5.74) is 0.594. The van der Waals surface area contributed by atoms with Crippen LogP contribution in [0.25, 0.3) is 0 Å². The maximum atomic E-state index is 14.0. The van der Waals surface area contributed by atoms with E-state index in [1.807, 2.05) is 24.3 Å². The minimum Gasteiger partial charge on any atom is -0.293 e. The molecule has 1 aliphatic rings. The van der Waals surface area contributed by atoms with Gasteiger partial charge in [0.05, 0.1) is 15.3 Å². The molecule has 1 nitrogen and oxygen atoms in total. The van der Waals surface area contributed by atoms with Crippen molar-refractivity contribution in [3.05, 3.63) is 63.6 Å². The lowest BCUT2D eigenvalue weighted by atomic mass is 10.0. The van der Waals surface area contributed by atoms with Gasteiger partial charge in [-0.3, -0.25) is 4.79 Å². The molecule has 0 amide bonds.